The fraction of sp³-hybridized carbons (Fsp3) is 0.333. The summed E-state index contributed by atoms with van der Waals surface area (Å²) >= 11 is 6.03. The third kappa shape index (κ3) is 2.65. The lowest BCUT2D eigenvalue weighted by atomic mass is 9.82. The van der Waals surface area contributed by atoms with E-state index in [9.17, 15) is 0 Å². The Morgan fingerprint density at radius 1 is 0.952 bits per heavy atom. The molecule has 2 aliphatic heterocycles. The van der Waals surface area contributed by atoms with Crippen LogP contribution >= 0.6 is 28.6 Å². The summed E-state index contributed by atoms with van der Waals surface area (Å²) in [7, 11) is 0. The van der Waals surface area contributed by atoms with Gasteiger partial charge in [-0.15, -0.1) is 17.0 Å². The maximum atomic E-state index is 6.03. The normalized spacial score (nSPS) is 24.0. The highest BCUT2D eigenvalue weighted by molar-refractivity contribution is 8.93. The third-order valence-corrected chi connectivity index (χ3v) is 5.04. The summed E-state index contributed by atoms with van der Waals surface area (Å²) in [6.45, 7) is 2.38. The summed E-state index contributed by atoms with van der Waals surface area (Å²) in [5, 5.41) is 0.817. The van der Waals surface area contributed by atoms with Crippen molar-refractivity contribution in [2.24, 2.45) is 0 Å². The molecule has 2 atom stereocenters. The molecule has 1 fully saturated rings. The van der Waals surface area contributed by atoms with Crippen molar-refractivity contribution in [2.75, 3.05) is 13.1 Å². The first-order chi connectivity index (χ1) is 9.83. The molecule has 0 saturated carbocycles. The van der Waals surface area contributed by atoms with Crippen LogP contribution in [0.4, 0.5) is 0 Å². The summed E-state index contributed by atoms with van der Waals surface area (Å²) < 4.78 is 0. The van der Waals surface area contributed by atoms with Crippen LogP contribution in [-0.4, -0.2) is 18.0 Å². The van der Waals surface area contributed by atoms with Crippen molar-refractivity contribution in [2.45, 2.75) is 24.8 Å². The lowest BCUT2D eigenvalue weighted by molar-refractivity contribution is 0.230. The van der Waals surface area contributed by atoms with Crippen LogP contribution in [-0.2, 0) is 0 Å². The molecule has 2 aliphatic rings. The third-order valence-electron chi connectivity index (χ3n) is 4.78. The quantitative estimate of drug-likeness (QED) is 0.672. The number of fused-ring (bicyclic) bond motifs is 3. The lowest BCUT2D eigenvalue weighted by Crippen LogP contribution is -2.34. The Hall–Kier alpha value is -0.830. The second-order valence-corrected chi connectivity index (χ2v) is 6.32. The molecule has 2 aromatic carbocycles. The first kappa shape index (κ1) is 15.1. The standard InChI is InChI=1S/C18H18ClN.BrH/c19-14-9-7-13(8-10-14)17-12-20-11-3-6-18(20)16-5-2-1-4-15(16)17;/h1-2,4-5,7-10,17-18H,3,6,11-12H2;1H/t17?,18-;/m0./s1. The summed E-state index contributed by atoms with van der Waals surface area (Å²) in [6.07, 6.45) is 2.64. The first-order valence-electron chi connectivity index (χ1n) is 7.41. The summed E-state index contributed by atoms with van der Waals surface area (Å²) in [5.74, 6) is 0.484. The number of benzene rings is 2. The van der Waals surface area contributed by atoms with Gasteiger partial charge >= 0.3 is 0 Å². The molecule has 2 heterocycles. The molecule has 0 N–H and O–H groups in total. The van der Waals surface area contributed by atoms with E-state index < -0.39 is 0 Å². The Kier molecular flexibility index (Phi) is 4.39. The molecule has 1 saturated heterocycles. The van der Waals surface area contributed by atoms with Crippen molar-refractivity contribution in [3.8, 4) is 0 Å². The molecule has 0 aliphatic carbocycles. The van der Waals surface area contributed by atoms with Crippen LogP contribution in [0.1, 0.15) is 41.5 Å². The van der Waals surface area contributed by atoms with Crippen LogP contribution in [0.25, 0.3) is 0 Å². The van der Waals surface area contributed by atoms with E-state index in [0.29, 0.717) is 12.0 Å². The fourth-order valence-corrected chi connectivity index (χ4v) is 3.97. The van der Waals surface area contributed by atoms with Crippen LogP contribution in [0.2, 0.25) is 5.02 Å². The average molecular weight is 365 g/mol. The largest absolute Gasteiger partial charge is 0.295 e. The van der Waals surface area contributed by atoms with Gasteiger partial charge in [0.1, 0.15) is 0 Å². The molecule has 4 rings (SSSR count). The molecule has 0 aromatic heterocycles. The van der Waals surface area contributed by atoms with Crippen LogP contribution in [0, 0.1) is 0 Å². The topological polar surface area (TPSA) is 3.24 Å². The van der Waals surface area contributed by atoms with Gasteiger partial charge in [0.2, 0.25) is 0 Å². The molecule has 1 unspecified atom stereocenters. The lowest BCUT2D eigenvalue weighted by Gasteiger charge is -2.37. The Labute approximate surface area is 141 Å². The molecule has 1 nitrogen and oxygen atoms in total. The van der Waals surface area contributed by atoms with Gasteiger partial charge in [0.05, 0.1) is 0 Å². The highest BCUT2D eigenvalue weighted by Gasteiger charge is 2.35. The molecule has 2 aromatic rings. The Bertz CT molecular complexity index is 625. The van der Waals surface area contributed by atoms with E-state index in [2.05, 4.69) is 41.3 Å². The molecule has 3 heteroatoms. The van der Waals surface area contributed by atoms with E-state index in [1.165, 1.54) is 36.1 Å². The summed E-state index contributed by atoms with van der Waals surface area (Å²) in [5.41, 5.74) is 4.43. The number of rotatable bonds is 1. The second kappa shape index (κ2) is 6.12. The van der Waals surface area contributed by atoms with Gasteiger partial charge in [0, 0.05) is 23.5 Å². The monoisotopic (exact) mass is 363 g/mol. The van der Waals surface area contributed by atoms with Crippen LogP contribution in [0.3, 0.4) is 0 Å². The van der Waals surface area contributed by atoms with Gasteiger partial charge in [-0.1, -0.05) is 48.0 Å². The number of nitrogens with zero attached hydrogens (tertiary/aromatic N) is 1. The predicted molar refractivity (Wildman–Crippen MR) is 93.6 cm³/mol. The van der Waals surface area contributed by atoms with Crippen LogP contribution < -0.4 is 0 Å². The summed E-state index contributed by atoms with van der Waals surface area (Å²) in [4.78, 5) is 2.65. The van der Waals surface area contributed by atoms with Gasteiger partial charge in [0.25, 0.3) is 0 Å². The van der Waals surface area contributed by atoms with Gasteiger partial charge in [-0.25, -0.2) is 0 Å². The molecule has 21 heavy (non-hydrogen) atoms. The van der Waals surface area contributed by atoms with E-state index in [1.54, 1.807) is 0 Å². The molecular formula is C18H19BrClN. The molecule has 0 bridgehead atoms. The molecule has 0 radical (unpaired) electrons. The number of halogens is 2. The van der Waals surface area contributed by atoms with Crippen molar-refractivity contribution in [3.63, 3.8) is 0 Å². The van der Waals surface area contributed by atoms with Crippen molar-refractivity contribution >= 4 is 28.6 Å². The van der Waals surface area contributed by atoms with Gasteiger partial charge < -0.3 is 0 Å². The van der Waals surface area contributed by atoms with Gasteiger partial charge in [-0.3, -0.25) is 4.90 Å². The Balaban J connectivity index is 0.00000132. The fourth-order valence-electron chi connectivity index (χ4n) is 3.84. The van der Waals surface area contributed by atoms with Crippen molar-refractivity contribution in [1.82, 2.24) is 4.90 Å². The van der Waals surface area contributed by atoms with E-state index in [0.717, 1.165) is 11.6 Å². The zero-order chi connectivity index (χ0) is 13.5. The van der Waals surface area contributed by atoms with Crippen LogP contribution in [0.5, 0.6) is 0 Å². The number of hydrogen-bond acceptors (Lipinski definition) is 1. The van der Waals surface area contributed by atoms with Crippen LogP contribution in [0.15, 0.2) is 48.5 Å². The maximum Gasteiger partial charge on any atom is 0.0406 e. The minimum absolute atomic E-state index is 0. The maximum absolute atomic E-state index is 6.03. The Morgan fingerprint density at radius 3 is 2.43 bits per heavy atom. The zero-order valence-corrected chi connectivity index (χ0v) is 14.3. The second-order valence-electron chi connectivity index (χ2n) is 5.89. The van der Waals surface area contributed by atoms with Gasteiger partial charge in [-0.2, -0.15) is 0 Å². The molecular weight excluding hydrogens is 346 g/mol. The van der Waals surface area contributed by atoms with E-state index in [1.807, 2.05) is 12.1 Å². The zero-order valence-electron chi connectivity index (χ0n) is 11.8. The number of hydrogen-bond donors (Lipinski definition) is 0. The van der Waals surface area contributed by atoms with Crippen molar-refractivity contribution < 1.29 is 0 Å². The summed E-state index contributed by atoms with van der Waals surface area (Å²) in [6, 6.07) is 18.0. The predicted octanol–water partition coefficient (Wildman–Crippen LogP) is 5.20. The van der Waals surface area contributed by atoms with Gasteiger partial charge in [-0.05, 0) is 48.2 Å². The van der Waals surface area contributed by atoms with E-state index in [-0.39, 0.29) is 17.0 Å². The minimum Gasteiger partial charge on any atom is -0.295 e. The molecule has 0 spiro atoms. The SMILES string of the molecule is Br.Clc1ccc(C2CN3CCC[C@H]3c3ccccc32)cc1. The Morgan fingerprint density at radius 2 is 1.67 bits per heavy atom. The highest BCUT2D eigenvalue weighted by atomic mass is 79.9. The van der Waals surface area contributed by atoms with Crippen molar-refractivity contribution in [3.05, 3.63) is 70.2 Å². The minimum atomic E-state index is 0. The average Bonchev–Trinajstić information content (AvgIpc) is 2.96. The first-order valence-corrected chi connectivity index (χ1v) is 7.79. The smallest absolute Gasteiger partial charge is 0.0406 e. The van der Waals surface area contributed by atoms with Crippen molar-refractivity contribution in [1.29, 1.82) is 0 Å². The van der Waals surface area contributed by atoms with Gasteiger partial charge in [0.15, 0.2) is 0 Å². The highest BCUT2D eigenvalue weighted by Crippen LogP contribution is 2.43. The van der Waals surface area contributed by atoms with E-state index in [4.69, 9.17) is 11.6 Å². The van der Waals surface area contributed by atoms with E-state index >= 15 is 0 Å². The molecule has 110 valence electrons. The molecule has 0 amide bonds.